The lowest BCUT2D eigenvalue weighted by molar-refractivity contribution is 0.0812. The summed E-state index contributed by atoms with van der Waals surface area (Å²) in [7, 11) is 5.10. The van der Waals surface area contributed by atoms with Crippen LogP contribution in [-0.4, -0.2) is 44.0 Å². The van der Waals surface area contributed by atoms with Crippen LogP contribution in [0.2, 0.25) is 5.02 Å². The lowest BCUT2D eigenvalue weighted by Crippen LogP contribution is -2.24. The fourth-order valence-corrected chi connectivity index (χ4v) is 5.08. The molecule has 0 saturated heterocycles. The van der Waals surface area contributed by atoms with Crippen molar-refractivity contribution >= 4 is 17.5 Å². The van der Waals surface area contributed by atoms with Gasteiger partial charge in [0.1, 0.15) is 16.5 Å². The fraction of sp³-hybridized carbons (Fsp3) is 0.286. The van der Waals surface area contributed by atoms with Crippen LogP contribution in [0.25, 0.3) is 17.1 Å². The van der Waals surface area contributed by atoms with Gasteiger partial charge >= 0.3 is 0 Å². The summed E-state index contributed by atoms with van der Waals surface area (Å²) < 4.78 is 16.6. The number of nitrogens with zero attached hydrogens (tertiary/aromatic N) is 5. The van der Waals surface area contributed by atoms with Crippen molar-refractivity contribution in [3.8, 4) is 17.1 Å². The molecule has 1 amide bonds. The molecule has 1 saturated carbocycles. The van der Waals surface area contributed by atoms with Crippen LogP contribution in [0.15, 0.2) is 53.6 Å². The van der Waals surface area contributed by atoms with Gasteiger partial charge in [-0.05, 0) is 73.1 Å². The lowest BCUT2D eigenvalue weighted by Gasteiger charge is -2.16. The Kier molecular flexibility index (Phi) is 6.23. The zero-order valence-corrected chi connectivity index (χ0v) is 22.0. The highest BCUT2D eigenvalue weighted by molar-refractivity contribution is 6.31. The van der Waals surface area contributed by atoms with Crippen molar-refractivity contribution in [2.24, 2.45) is 7.05 Å². The molecule has 1 aliphatic rings. The Balaban J connectivity index is 1.52. The van der Waals surface area contributed by atoms with Gasteiger partial charge in [0.15, 0.2) is 5.82 Å². The van der Waals surface area contributed by atoms with Crippen molar-refractivity contribution in [2.45, 2.75) is 32.1 Å². The Hall–Kier alpha value is -3.78. The number of aromatic nitrogens is 4. The summed E-state index contributed by atoms with van der Waals surface area (Å²) >= 11 is 6.66. The van der Waals surface area contributed by atoms with E-state index in [0.717, 1.165) is 28.8 Å². The number of halogens is 2. The van der Waals surface area contributed by atoms with Crippen LogP contribution in [0.4, 0.5) is 4.39 Å². The first-order valence-electron chi connectivity index (χ1n) is 12.0. The minimum absolute atomic E-state index is 0.120. The van der Waals surface area contributed by atoms with Crippen molar-refractivity contribution < 1.29 is 9.18 Å². The molecular weight excluding hydrogens is 493 g/mol. The van der Waals surface area contributed by atoms with Gasteiger partial charge < -0.3 is 9.47 Å². The van der Waals surface area contributed by atoms with Crippen molar-refractivity contribution in [1.29, 1.82) is 0 Å². The van der Waals surface area contributed by atoms with E-state index in [-0.39, 0.29) is 34.1 Å². The molecule has 0 unspecified atom stereocenters. The van der Waals surface area contributed by atoms with Crippen LogP contribution in [0, 0.1) is 19.7 Å². The summed E-state index contributed by atoms with van der Waals surface area (Å²) in [4.78, 5) is 36.4. The predicted octanol–water partition coefficient (Wildman–Crippen LogP) is 5.02. The number of aryl methyl sites for hydroxylation is 3. The van der Waals surface area contributed by atoms with E-state index >= 15 is 0 Å². The maximum Gasteiger partial charge on any atom is 0.289 e. The molecule has 37 heavy (non-hydrogen) atoms. The van der Waals surface area contributed by atoms with E-state index in [9.17, 15) is 14.0 Å². The molecule has 7 nitrogen and oxygen atoms in total. The Morgan fingerprint density at radius 3 is 2.49 bits per heavy atom. The molecule has 1 fully saturated rings. The van der Waals surface area contributed by atoms with Gasteiger partial charge in [-0.1, -0.05) is 23.7 Å². The molecule has 3 aromatic heterocycles. The molecule has 1 aromatic carbocycles. The summed E-state index contributed by atoms with van der Waals surface area (Å²) in [5, 5.41) is 0.190. The van der Waals surface area contributed by atoms with E-state index in [1.165, 1.54) is 17.0 Å². The number of carbonyl (C=O) groups is 1. The van der Waals surface area contributed by atoms with E-state index in [2.05, 4.69) is 9.97 Å². The topological polar surface area (TPSA) is 73.0 Å². The monoisotopic (exact) mass is 519 g/mol. The molecule has 4 aromatic rings. The zero-order valence-electron chi connectivity index (χ0n) is 21.3. The Morgan fingerprint density at radius 1 is 1.11 bits per heavy atom. The highest BCUT2D eigenvalue weighted by atomic mass is 35.5. The fourth-order valence-electron chi connectivity index (χ4n) is 4.80. The number of amides is 1. The van der Waals surface area contributed by atoms with Crippen molar-refractivity contribution in [3.63, 3.8) is 0 Å². The van der Waals surface area contributed by atoms with Crippen LogP contribution in [0.1, 0.15) is 51.3 Å². The van der Waals surface area contributed by atoms with Gasteiger partial charge in [-0.25, -0.2) is 9.37 Å². The van der Waals surface area contributed by atoms with Gasteiger partial charge in [-0.15, -0.1) is 0 Å². The minimum Gasteiger partial charge on any atom is -0.342 e. The Morgan fingerprint density at radius 2 is 1.81 bits per heavy atom. The number of carbonyl (C=O) groups excluding carboxylic acids is 1. The SMILES string of the molecule is Cc1cnc(-c2cn(C)c(C(=O)N(C)C)n2)cc1-n1c(C)cc([C@H]2C[C@@H]2c2ccc(F)cc2)c(Cl)c1=O. The number of pyridine rings is 2. The Labute approximate surface area is 219 Å². The van der Waals surface area contributed by atoms with Gasteiger partial charge in [0.05, 0.1) is 11.4 Å². The summed E-state index contributed by atoms with van der Waals surface area (Å²) in [6.07, 6.45) is 4.29. The first-order valence-corrected chi connectivity index (χ1v) is 12.3. The quantitative estimate of drug-likeness (QED) is 0.371. The second-order valence-electron chi connectivity index (χ2n) is 9.81. The number of hydrogen-bond acceptors (Lipinski definition) is 4. The molecule has 0 radical (unpaired) electrons. The molecule has 1 aliphatic carbocycles. The Bertz CT molecular complexity index is 1590. The standard InChI is InChI=1S/C28H27ClFN5O2/c1-15-13-31-22(23-14-34(5)26(32-23)28(37)33(3)4)12-24(15)35-16(2)10-21(25(29)27(35)36)20-11-19(20)17-6-8-18(30)9-7-17/h6-10,12-14,19-20H,11H2,1-5H3/t19-,20+/m1/s1. The number of imidazole rings is 1. The maximum atomic E-state index is 13.5. The van der Waals surface area contributed by atoms with Crippen LogP contribution in [-0.2, 0) is 7.05 Å². The summed E-state index contributed by atoms with van der Waals surface area (Å²) in [5.74, 6) is 0.148. The lowest BCUT2D eigenvalue weighted by atomic mass is 10.0. The van der Waals surface area contributed by atoms with E-state index in [4.69, 9.17) is 11.6 Å². The van der Waals surface area contributed by atoms with E-state index in [0.29, 0.717) is 22.9 Å². The molecule has 0 aliphatic heterocycles. The first-order chi connectivity index (χ1) is 17.6. The second-order valence-corrected chi connectivity index (χ2v) is 10.2. The van der Waals surface area contributed by atoms with Crippen LogP contribution >= 0.6 is 11.6 Å². The van der Waals surface area contributed by atoms with Crippen LogP contribution in [0.5, 0.6) is 0 Å². The summed E-state index contributed by atoms with van der Waals surface area (Å²) in [5.41, 5.74) is 4.83. The molecule has 190 valence electrons. The molecule has 2 atom stereocenters. The second kappa shape index (κ2) is 9.27. The van der Waals surface area contributed by atoms with E-state index in [1.807, 2.05) is 19.9 Å². The van der Waals surface area contributed by atoms with Crippen molar-refractivity contribution in [2.75, 3.05) is 14.1 Å². The average Bonchev–Trinajstić information content (AvgIpc) is 3.56. The van der Waals surface area contributed by atoms with Gasteiger partial charge in [0.2, 0.25) is 0 Å². The predicted molar refractivity (Wildman–Crippen MR) is 141 cm³/mol. The van der Waals surface area contributed by atoms with E-state index < -0.39 is 0 Å². The largest absolute Gasteiger partial charge is 0.342 e. The highest BCUT2D eigenvalue weighted by Gasteiger charge is 2.41. The summed E-state index contributed by atoms with van der Waals surface area (Å²) in [6, 6.07) is 10.3. The third-order valence-electron chi connectivity index (χ3n) is 6.90. The molecule has 0 spiro atoms. The third-order valence-corrected chi connectivity index (χ3v) is 7.28. The smallest absolute Gasteiger partial charge is 0.289 e. The zero-order chi connectivity index (χ0) is 26.6. The van der Waals surface area contributed by atoms with Gasteiger partial charge in [-0.3, -0.25) is 19.1 Å². The molecule has 9 heteroatoms. The molecule has 0 bridgehead atoms. The number of hydrogen-bond donors (Lipinski definition) is 0. The normalized spacial score (nSPS) is 16.6. The average molecular weight is 520 g/mol. The van der Waals surface area contributed by atoms with Gasteiger partial charge in [-0.2, -0.15) is 0 Å². The number of benzene rings is 1. The van der Waals surface area contributed by atoms with Crippen LogP contribution < -0.4 is 5.56 Å². The molecular formula is C28H27ClFN5O2. The third kappa shape index (κ3) is 4.46. The maximum absolute atomic E-state index is 13.5. The summed E-state index contributed by atoms with van der Waals surface area (Å²) in [6.45, 7) is 3.76. The molecule has 5 rings (SSSR count). The molecule has 0 N–H and O–H groups in total. The first kappa shape index (κ1) is 24.9. The molecule has 3 heterocycles. The van der Waals surface area contributed by atoms with Crippen molar-refractivity contribution in [1.82, 2.24) is 24.0 Å². The number of rotatable bonds is 5. The van der Waals surface area contributed by atoms with Gasteiger partial charge in [0, 0.05) is 39.2 Å². The van der Waals surface area contributed by atoms with Crippen molar-refractivity contribution in [3.05, 3.63) is 98.2 Å². The van der Waals surface area contributed by atoms with E-state index in [1.54, 1.807) is 60.9 Å². The van der Waals surface area contributed by atoms with Crippen LogP contribution in [0.3, 0.4) is 0 Å². The van der Waals surface area contributed by atoms with Gasteiger partial charge in [0.25, 0.3) is 11.5 Å². The highest BCUT2D eigenvalue weighted by Crippen LogP contribution is 2.55. The minimum atomic E-state index is -0.300.